The van der Waals surface area contributed by atoms with Gasteiger partial charge in [0.05, 0.1) is 6.04 Å². The Hall–Kier alpha value is -1.61. The van der Waals surface area contributed by atoms with Crippen LogP contribution in [-0.4, -0.2) is 23.9 Å². The predicted octanol–water partition coefficient (Wildman–Crippen LogP) is 2.59. The molecule has 0 fully saturated rings. The van der Waals surface area contributed by atoms with Crippen molar-refractivity contribution in [3.05, 3.63) is 36.0 Å². The SMILES string of the molecule is CNC(C(=O)c1c[nH]c2ccccc12)C(C)C. The van der Waals surface area contributed by atoms with Crippen LogP contribution in [0.15, 0.2) is 30.5 Å². The summed E-state index contributed by atoms with van der Waals surface area (Å²) in [6.07, 6.45) is 1.81. The molecule has 1 unspecified atom stereocenters. The molecule has 0 aliphatic heterocycles. The van der Waals surface area contributed by atoms with E-state index in [-0.39, 0.29) is 17.7 Å². The van der Waals surface area contributed by atoms with E-state index in [4.69, 9.17) is 0 Å². The molecule has 1 aromatic heterocycles. The first-order chi connectivity index (χ1) is 8.15. The summed E-state index contributed by atoms with van der Waals surface area (Å²) >= 11 is 0. The van der Waals surface area contributed by atoms with Crippen molar-refractivity contribution in [1.82, 2.24) is 10.3 Å². The van der Waals surface area contributed by atoms with Gasteiger partial charge in [-0.3, -0.25) is 4.79 Å². The highest BCUT2D eigenvalue weighted by Crippen LogP contribution is 2.20. The first-order valence-corrected chi connectivity index (χ1v) is 5.92. The first-order valence-electron chi connectivity index (χ1n) is 5.92. The Kier molecular flexibility index (Phi) is 3.29. The molecular formula is C14H18N2O. The summed E-state index contributed by atoms with van der Waals surface area (Å²) in [5, 5.41) is 4.09. The van der Waals surface area contributed by atoms with Gasteiger partial charge in [0, 0.05) is 22.7 Å². The van der Waals surface area contributed by atoms with Crippen LogP contribution in [0, 0.1) is 5.92 Å². The number of aromatic amines is 1. The molecule has 2 N–H and O–H groups in total. The third-order valence-corrected chi connectivity index (χ3v) is 3.11. The Morgan fingerprint density at radius 3 is 2.65 bits per heavy atom. The highest BCUT2D eigenvalue weighted by molar-refractivity contribution is 6.10. The number of likely N-dealkylation sites (N-methyl/N-ethyl adjacent to an activating group) is 1. The van der Waals surface area contributed by atoms with Crippen molar-refractivity contribution < 1.29 is 4.79 Å². The number of benzene rings is 1. The molecule has 2 rings (SSSR count). The smallest absolute Gasteiger partial charge is 0.182 e. The minimum atomic E-state index is -0.130. The maximum absolute atomic E-state index is 12.4. The molecule has 3 nitrogen and oxygen atoms in total. The quantitative estimate of drug-likeness (QED) is 0.793. The van der Waals surface area contributed by atoms with Gasteiger partial charge in [-0.15, -0.1) is 0 Å². The van der Waals surface area contributed by atoms with E-state index in [2.05, 4.69) is 10.3 Å². The Morgan fingerprint density at radius 1 is 1.29 bits per heavy atom. The third kappa shape index (κ3) is 2.11. The van der Waals surface area contributed by atoms with Gasteiger partial charge in [-0.25, -0.2) is 0 Å². The number of ketones is 1. The number of carbonyl (C=O) groups is 1. The second kappa shape index (κ2) is 4.72. The zero-order chi connectivity index (χ0) is 12.4. The second-order valence-corrected chi connectivity index (χ2v) is 4.62. The molecule has 0 bridgehead atoms. The van der Waals surface area contributed by atoms with Gasteiger partial charge in [0.1, 0.15) is 0 Å². The van der Waals surface area contributed by atoms with Crippen molar-refractivity contribution in [3.8, 4) is 0 Å². The lowest BCUT2D eigenvalue weighted by molar-refractivity contribution is 0.0924. The number of H-pyrrole nitrogens is 1. The lowest BCUT2D eigenvalue weighted by atomic mass is 9.95. The zero-order valence-corrected chi connectivity index (χ0v) is 10.4. The fraction of sp³-hybridized carbons (Fsp3) is 0.357. The molecule has 2 aromatic rings. The highest BCUT2D eigenvalue weighted by atomic mass is 16.1. The lowest BCUT2D eigenvalue weighted by Crippen LogP contribution is -2.38. The molecule has 0 saturated carbocycles. The van der Waals surface area contributed by atoms with Crippen LogP contribution >= 0.6 is 0 Å². The van der Waals surface area contributed by atoms with Gasteiger partial charge in [-0.2, -0.15) is 0 Å². The molecule has 0 aliphatic rings. The maximum atomic E-state index is 12.4. The number of aromatic nitrogens is 1. The van der Waals surface area contributed by atoms with Crippen molar-refractivity contribution in [3.63, 3.8) is 0 Å². The standard InChI is InChI=1S/C14H18N2O/c1-9(2)13(15-3)14(17)11-8-16-12-7-5-4-6-10(11)12/h4-9,13,15-16H,1-3H3. The molecule has 0 aliphatic carbocycles. The van der Waals surface area contributed by atoms with Crippen molar-refractivity contribution in [2.24, 2.45) is 5.92 Å². The molecule has 0 spiro atoms. The van der Waals surface area contributed by atoms with E-state index in [0.29, 0.717) is 0 Å². The van der Waals surface area contributed by atoms with Gasteiger partial charge in [-0.1, -0.05) is 32.0 Å². The van der Waals surface area contributed by atoms with E-state index in [1.165, 1.54) is 0 Å². The van der Waals surface area contributed by atoms with Crippen LogP contribution in [0.25, 0.3) is 10.9 Å². The molecule has 90 valence electrons. The van der Waals surface area contributed by atoms with Gasteiger partial charge >= 0.3 is 0 Å². The zero-order valence-electron chi connectivity index (χ0n) is 10.4. The Labute approximate surface area is 101 Å². The lowest BCUT2D eigenvalue weighted by Gasteiger charge is -2.18. The molecular weight excluding hydrogens is 212 g/mol. The maximum Gasteiger partial charge on any atom is 0.182 e. The van der Waals surface area contributed by atoms with Crippen LogP contribution in [0.3, 0.4) is 0 Å². The van der Waals surface area contributed by atoms with Gasteiger partial charge in [-0.05, 0) is 19.0 Å². The Balaban J connectivity index is 2.43. The van der Waals surface area contributed by atoms with Crippen LogP contribution in [0.2, 0.25) is 0 Å². The molecule has 0 saturated heterocycles. The van der Waals surface area contributed by atoms with Crippen molar-refractivity contribution in [2.45, 2.75) is 19.9 Å². The highest BCUT2D eigenvalue weighted by Gasteiger charge is 2.23. The van der Waals surface area contributed by atoms with E-state index < -0.39 is 0 Å². The van der Waals surface area contributed by atoms with Crippen LogP contribution in [0.1, 0.15) is 24.2 Å². The van der Waals surface area contributed by atoms with Crippen molar-refractivity contribution in [2.75, 3.05) is 7.05 Å². The number of para-hydroxylation sites is 1. The number of hydrogen-bond donors (Lipinski definition) is 2. The predicted molar refractivity (Wildman–Crippen MR) is 70.3 cm³/mol. The number of rotatable bonds is 4. The number of nitrogens with one attached hydrogen (secondary N) is 2. The van der Waals surface area contributed by atoms with Gasteiger partial charge < -0.3 is 10.3 Å². The molecule has 1 aromatic carbocycles. The summed E-state index contributed by atoms with van der Waals surface area (Å²) < 4.78 is 0. The second-order valence-electron chi connectivity index (χ2n) is 4.62. The van der Waals surface area contributed by atoms with Crippen LogP contribution < -0.4 is 5.32 Å². The molecule has 3 heteroatoms. The largest absolute Gasteiger partial charge is 0.360 e. The molecule has 0 radical (unpaired) electrons. The van der Waals surface area contributed by atoms with E-state index in [1.807, 2.05) is 45.2 Å². The van der Waals surface area contributed by atoms with Crippen LogP contribution in [-0.2, 0) is 0 Å². The average molecular weight is 230 g/mol. The van der Waals surface area contributed by atoms with Gasteiger partial charge in [0.15, 0.2) is 5.78 Å². The van der Waals surface area contributed by atoms with E-state index in [1.54, 1.807) is 6.20 Å². The van der Waals surface area contributed by atoms with Crippen LogP contribution in [0.5, 0.6) is 0 Å². The monoisotopic (exact) mass is 230 g/mol. The van der Waals surface area contributed by atoms with Crippen LogP contribution in [0.4, 0.5) is 0 Å². The fourth-order valence-corrected chi connectivity index (χ4v) is 2.21. The average Bonchev–Trinajstić information content (AvgIpc) is 2.72. The number of carbonyl (C=O) groups excluding carboxylic acids is 1. The Bertz CT molecular complexity index is 528. The number of fused-ring (bicyclic) bond motifs is 1. The van der Waals surface area contributed by atoms with Gasteiger partial charge in [0.25, 0.3) is 0 Å². The topological polar surface area (TPSA) is 44.9 Å². The minimum Gasteiger partial charge on any atom is -0.360 e. The van der Waals surface area contributed by atoms with E-state index in [9.17, 15) is 4.79 Å². The number of Topliss-reactive ketones (excluding diaryl/α,β-unsaturated/α-hetero) is 1. The summed E-state index contributed by atoms with van der Waals surface area (Å²) in [5.74, 6) is 0.432. The Morgan fingerprint density at radius 2 is 2.00 bits per heavy atom. The molecule has 1 atom stereocenters. The molecule has 1 heterocycles. The summed E-state index contributed by atoms with van der Waals surface area (Å²) in [6.45, 7) is 4.10. The summed E-state index contributed by atoms with van der Waals surface area (Å²) in [6, 6.07) is 7.75. The molecule has 17 heavy (non-hydrogen) atoms. The third-order valence-electron chi connectivity index (χ3n) is 3.11. The van der Waals surface area contributed by atoms with Crippen molar-refractivity contribution >= 4 is 16.7 Å². The summed E-state index contributed by atoms with van der Waals surface area (Å²) in [5.41, 5.74) is 1.78. The summed E-state index contributed by atoms with van der Waals surface area (Å²) in [4.78, 5) is 15.5. The van der Waals surface area contributed by atoms with Crippen molar-refractivity contribution in [1.29, 1.82) is 0 Å². The fourth-order valence-electron chi connectivity index (χ4n) is 2.21. The van der Waals surface area contributed by atoms with E-state index in [0.717, 1.165) is 16.5 Å². The minimum absolute atomic E-state index is 0.130. The first kappa shape index (κ1) is 11.9. The normalized spacial score (nSPS) is 13.2. The molecule has 0 amide bonds. The van der Waals surface area contributed by atoms with E-state index >= 15 is 0 Å². The number of hydrogen-bond acceptors (Lipinski definition) is 2. The summed E-state index contributed by atoms with van der Waals surface area (Å²) in [7, 11) is 1.83. The van der Waals surface area contributed by atoms with Gasteiger partial charge in [0.2, 0.25) is 0 Å².